The molecule has 0 bridgehead atoms. The van der Waals surface area contributed by atoms with Crippen LogP contribution >= 0.6 is 0 Å². The fourth-order valence-corrected chi connectivity index (χ4v) is 3.37. The largest absolute Gasteiger partial charge is 0.378 e. The molecule has 0 aromatic heterocycles. The fraction of sp³-hybridized carbons (Fsp3) is 1.00. The lowest BCUT2D eigenvalue weighted by atomic mass is 9.77. The molecule has 2 rings (SSSR count). The van der Waals surface area contributed by atoms with Crippen LogP contribution in [0.15, 0.2) is 0 Å². The third-order valence-corrected chi connectivity index (χ3v) is 4.55. The summed E-state index contributed by atoms with van der Waals surface area (Å²) in [4.78, 5) is 0. The summed E-state index contributed by atoms with van der Waals surface area (Å²) in [5.41, 5.74) is 2.99. The van der Waals surface area contributed by atoms with Gasteiger partial charge in [0.1, 0.15) is 0 Å². The van der Waals surface area contributed by atoms with Crippen molar-refractivity contribution in [3.63, 3.8) is 0 Å². The highest BCUT2D eigenvalue weighted by Gasteiger charge is 2.31. The Hall–Kier alpha value is -0.160. The highest BCUT2D eigenvalue weighted by molar-refractivity contribution is 4.83. The summed E-state index contributed by atoms with van der Waals surface area (Å²) in [7, 11) is 0. The van der Waals surface area contributed by atoms with E-state index in [1.165, 1.54) is 51.4 Å². The first-order valence-corrected chi connectivity index (χ1v) is 8.01. The molecule has 0 spiro atoms. The van der Waals surface area contributed by atoms with E-state index in [4.69, 9.17) is 15.3 Å². The molecule has 1 saturated heterocycles. The zero-order chi connectivity index (χ0) is 13.5. The number of ether oxygens (including phenoxy) is 2. The minimum atomic E-state index is 0.467. The summed E-state index contributed by atoms with van der Waals surface area (Å²) in [5.74, 6) is 6.48. The summed E-state index contributed by atoms with van der Waals surface area (Å²) < 4.78 is 11.3. The van der Waals surface area contributed by atoms with E-state index in [0.717, 1.165) is 19.1 Å². The zero-order valence-electron chi connectivity index (χ0n) is 12.3. The van der Waals surface area contributed by atoms with E-state index in [9.17, 15) is 0 Å². The van der Waals surface area contributed by atoms with Gasteiger partial charge in [-0.25, -0.2) is 0 Å². The molecule has 3 N–H and O–H groups in total. The van der Waals surface area contributed by atoms with Crippen LogP contribution in [0.1, 0.15) is 58.3 Å². The quantitative estimate of drug-likeness (QED) is 0.499. The molecule has 1 heterocycles. The minimum Gasteiger partial charge on any atom is -0.378 e. The summed E-state index contributed by atoms with van der Waals surface area (Å²) in [6, 6.07) is 0.467. The van der Waals surface area contributed by atoms with Crippen LogP contribution in [0.4, 0.5) is 0 Å². The van der Waals surface area contributed by atoms with E-state index >= 15 is 0 Å². The Morgan fingerprint density at radius 1 is 1.42 bits per heavy atom. The molecule has 19 heavy (non-hydrogen) atoms. The second-order valence-corrected chi connectivity index (χ2v) is 6.08. The van der Waals surface area contributed by atoms with Gasteiger partial charge in [0.15, 0.2) is 0 Å². The normalized spacial score (nSPS) is 32.2. The SMILES string of the molecule is CCOC1CC(CC(CCCC2CCCO2)NN)C1. The van der Waals surface area contributed by atoms with Gasteiger partial charge in [0.25, 0.3) is 0 Å². The summed E-state index contributed by atoms with van der Waals surface area (Å²) in [6.07, 6.45) is 10.8. The minimum absolute atomic E-state index is 0.467. The number of hydrogen-bond acceptors (Lipinski definition) is 4. The Morgan fingerprint density at radius 3 is 2.89 bits per heavy atom. The standard InChI is InChI=1S/C15H30N2O2/c1-2-18-15-10-12(11-15)9-13(17-16)5-3-6-14-7-4-8-19-14/h12-15,17H,2-11,16H2,1H3. The van der Waals surface area contributed by atoms with E-state index in [-0.39, 0.29) is 0 Å². The van der Waals surface area contributed by atoms with Gasteiger partial charge in [0, 0.05) is 19.3 Å². The van der Waals surface area contributed by atoms with Gasteiger partial charge in [0.2, 0.25) is 0 Å². The number of hydrazine groups is 1. The number of hydrogen-bond donors (Lipinski definition) is 2. The van der Waals surface area contributed by atoms with Crippen molar-refractivity contribution in [3.05, 3.63) is 0 Å². The van der Waals surface area contributed by atoms with Crippen LogP contribution in [0.25, 0.3) is 0 Å². The highest BCUT2D eigenvalue weighted by Crippen LogP contribution is 2.34. The predicted molar refractivity (Wildman–Crippen MR) is 76.7 cm³/mol. The van der Waals surface area contributed by atoms with Crippen molar-refractivity contribution >= 4 is 0 Å². The molecule has 1 aliphatic carbocycles. The molecule has 112 valence electrons. The molecule has 1 aliphatic heterocycles. The smallest absolute Gasteiger partial charge is 0.0580 e. The van der Waals surface area contributed by atoms with Crippen LogP contribution < -0.4 is 11.3 Å². The molecule has 4 heteroatoms. The van der Waals surface area contributed by atoms with Crippen molar-refractivity contribution in [2.24, 2.45) is 11.8 Å². The molecule has 0 aromatic carbocycles. The van der Waals surface area contributed by atoms with Crippen molar-refractivity contribution in [1.82, 2.24) is 5.43 Å². The lowest BCUT2D eigenvalue weighted by Crippen LogP contribution is -2.41. The van der Waals surface area contributed by atoms with Gasteiger partial charge in [-0.3, -0.25) is 11.3 Å². The molecule has 2 fully saturated rings. The molecular formula is C15H30N2O2. The Morgan fingerprint density at radius 2 is 2.26 bits per heavy atom. The molecule has 0 aromatic rings. The maximum absolute atomic E-state index is 5.67. The average molecular weight is 270 g/mol. The summed E-state index contributed by atoms with van der Waals surface area (Å²) in [5, 5.41) is 0. The second kappa shape index (κ2) is 8.20. The zero-order valence-corrected chi connectivity index (χ0v) is 12.3. The lowest BCUT2D eigenvalue weighted by molar-refractivity contribution is -0.0293. The van der Waals surface area contributed by atoms with Gasteiger partial charge >= 0.3 is 0 Å². The third-order valence-electron chi connectivity index (χ3n) is 4.55. The van der Waals surface area contributed by atoms with Crippen LogP contribution in [-0.2, 0) is 9.47 Å². The van der Waals surface area contributed by atoms with Crippen LogP contribution in [0.5, 0.6) is 0 Å². The average Bonchev–Trinajstić information content (AvgIpc) is 2.87. The highest BCUT2D eigenvalue weighted by atomic mass is 16.5. The molecule has 4 nitrogen and oxygen atoms in total. The van der Waals surface area contributed by atoms with Gasteiger partial charge in [-0.15, -0.1) is 0 Å². The molecular weight excluding hydrogens is 240 g/mol. The first-order chi connectivity index (χ1) is 9.31. The van der Waals surface area contributed by atoms with Gasteiger partial charge in [-0.05, 0) is 64.2 Å². The van der Waals surface area contributed by atoms with E-state index in [1.54, 1.807) is 0 Å². The van der Waals surface area contributed by atoms with E-state index in [2.05, 4.69) is 12.3 Å². The van der Waals surface area contributed by atoms with Crippen molar-refractivity contribution in [1.29, 1.82) is 0 Å². The maximum atomic E-state index is 5.67. The van der Waals surface area contributed by atoms with E-state index < -0.39 is 0 Å². The summed E-state index contributed by atoms with van der Waals surface area (Å²) in [6.45, 7) is 3.88. The number of nitrogens with two attached hydrogens (primary N) is 1. The number of nitrogens with one attached hydrogen (secondary N) is 1. The van der Waals surface area contributed by atoms with Crippen LogP contribution in [0.3, 0.4) is 0 Å². The van der Waals surface area contributed by atoms with Gasteiger partial charge in [-0.2, -0.15) is 0 Å². The Balaban J connectivity index is 1.53. The van der Waals surface area contributed by atoms with Crippen molar-refractivity contribution in [2.45, 2.75) is 76.5 Å². The maximum Gasteiger partial charge on any atom is 0.0580 e. The van der Waals surface area contributed by atoms with Crippen LogP contribution in [-0.4, -0.2) is 31.5 Å². The van der Waals surface area contributed by atoms with Crippen LogP contribution in [0.2, 0.25) is 0 Å². The van der Waals surface area contributed by atoms with E-state index in [1.807, 2.05) is 0 Å². The third kappa shape index (κ3) is 5.03. The van der Waals surface area contributed by atoms with Crippen molar-refractivity contribution in [3.8, 4) is 0 Å². The molecule has 2 atom stereocenters. The topological polar surface area (TPSA) is 56.5 Å². The Kier molecular flexibility index (Phi) is 6.57. The number of rotatable bonds is 9. The molecule has 2 unspecified atom stereocenters. The second-order valence-electron chi connectivity index (χ2n) is 6.08. The fourth-order valence-electron chi connectivity index (χ4n) is 3.37. The molecule has 2 aliphatic rings. The Bertz CT molecular complexity index is 238. The van der Waals surface area contributed by atoms with E-state index in [0.29, 0.717) is 18.2 Å². The molecule has 0 radical (unpaired) electrons. The summed E-state index contributed by atoms with van der Waals surface area (Å²) >= 11 is 0. The van der Waals surface area contributed by atoms with Gasteiger partial charge in [0.05, 0.1) is 12.2 Å². The van der Waals surface area contributed by atoms with Crippen molar-refractivity contribution < 1.29 is 9.47 Å². The van der Waals surface area contributed by atoms with Gasteiger partial charge in [-0.1, -0.05) is 0 Å². The van der Waals surface area contributed by atoms with Crippen LogP contribution in [0, 0.1) is 5.92 Å². The first kappa shape index (κ1) is 15.2. The first-order valence-electron chi connectivity index (χ1n) is 8.01. The molecule has 1 saturated carbocycles. The molecule has 0 amide bonds. The lowest BCUT2D eigenvalue weighted by Gasteiger charge is -2.37. The van der Waals surface area contributed by atoms with Crippen molar-refractivity contribution in [2.75, 3.05) is 13.2 Å². The van der Waals surface area contributed by atoms with Gasteiger partial charge < -0.3 is 9.47 Å². The predicted octanol–water partition coefficient (Wildman–Crippen LogP) is 2.37. The Labute approximate surface area is 117 Å². The monoisotopic (exact) mass is 270 g/mol.